The maximum Gasteiger partial charge on any atom is 0.160 e. The van der Waals surface area contributed by atoms with Gasteiger partial charge < -0.3 is 14.8 Å². The Morgan fingerprint density at radius 1 is 1.22 bits per heavy atom. The first kappa shape index (κ1) is 13.2. The molecule has 0 saturated heterocycles. The van der Waals surface area contributed by atoms with Crippen LogP contribution in [0.2, 0.25) is 0 Å². The molecule has 1 aliphatic rings. The van der Waals surface area contributed by atoms with E-state index in [1.165, 1.54) is 24.8 Å². The number of hydrogen-bond donors (Lipinski definition) is 1. The van der Waals surface area contributed by atoms with E-state index in [2.05, 4.69) is 17.4 Å². The third-order valence-electron chi connectivity index (χ3n) is 3.98. The minimum Gasteiger partial charge on any atom is -0.493 e. The summed E-state index contributed by atoms with van der Waals surface area (Å²) in [6, 6.07) is 6.30. The summed E-state index contributed by atoms with van der Waals surface area (Å²) >= 11 is 0. The SMILES string of the molecule is CNC[C@H](c1ccc(OC)c(OC)c1)C1CCC1. The minimum absolute atomic E-state index is 0.587. The van der Waals surface area contributed by atoms with Crippen LogP contribution in [-0.4, -0.2) is 27.8 Å². The summed E-state index contributed by atoms with van der Waals surface area (Å²) in [7, 11) is 5.39. The molecule has 0 amide bonds. The van der Waals surface area contributed by atoms with Crippen LogP contribution in [0, 0.1) is 5.92 Å². The number of hydrogen-bond acceptors (Lipinski definition) is 3. The lowest BCUT2D eigenvalue weighted by atomic mass is 9.73. The Morgan fingerprint density at radius 2 is 1.94 bits per heavy atom. The van der Waals surface area contributed by atoms with E-state index < -0.39 is 0 Å². The average Bonchev–Trinajstić information content (AvgIpc) is 2.35. The van der Waals surface area contributed by atoms with Crippen LogP contribution < -0.4 is 14.8 Å². The number of rotatable bonds is 6. The van der Waals surface area contributed by atoms with Gasteiger partial charge in [-0.05, 0) is 49.4 Å². The van der Waals surface area contributed by atoms with Gasteiger partial charge in [0.2, 0.25) is 0 Å². The number of ether oxygens (including phenoxy) is 2. The van der Waals surface area contributed by atoms with Gasteiger partial charge in [-0.15, -0.1) is 0 Å². The molecule has 2 rings (SSSR count). The molecule has 100 valence electrons. The molecule has 18 heavy (non-hydrogen) atoms. The summed E-state index contributed by atoms with van der Waals surface area (Å²) in [5, 5.41) is 3.31. The van der Waals surface area contributed by atoms with Crippen molar-refractivity contribution in [1.29, 1.82) is 0 Å². The second-order valence-corrected chi connectivity index (χ2v) is 4.97. The van der Waals surface area contributed by atoms with Crippen LogP contribution in [0.4, 0.5) is 0 Å². The van der Waals surface area contributed by atoms with Gasteiger partial charge in [0, 0.05) is 6.54 Å². The molecule has 1 N–H and O–H groups in total. The van der Waals surface area contributed by atoms with Gasteiger partial charge in [0.1, 0.15) is 0 Å². The third kappa shape index (κ3) is 2.61. The van der Waals surface area contributed by atoms with Crippen LogP contribution in [0.1, 0.15) is 30.7 Å². The topological polar surface area (TPSA) is 30.5 Å². The van der Waals surface area contributed by atoms with Crippen molar-refractivity contribution >= 4 is 0 Å². The summed E-state index contributed by atoms with van der Waals surface area (Å²) in [5.74, 6) is 3.03. The lowest BCUT2D eigenvalue weighted by Crippen LogP contribution is -2.28. The lowest BCUT2D eigenvalue weighted by Gasteiger charge is -2.34. The standard InChI is InChI=1S/C15H23NO2/c1-16-10-13(11-5-4-6-11)12-7-8-14(17-2)15(9-12)18-3/h7-9,11,13,16H,4-6,10H2,1-3H3/t13-/m0/s1. The molecule has 1 aliphatic carbocycles. The van der Waals surface area contributed by atoms with E-state index in [4.69, 9.17) is 9.47 Å². The first-order valence-electron chi connectivity index (χ1n) is 6.66. The van der Waals surface area contributed by atoms with Crippen LogP contribution in [0.15, 0.2) is 18.2 Å². The molecular formula is C15H23NO2. The number of methoxy groups -OCH3 is 2. The summed E-state index contributed by atoms with van der Waals surface area (Å²) in [6.45, 7) is 1.03. The van der Waals surface area contributed by atoms with E-state index in [-0.39, 0.29) is 0 Å². The second-order valence-electron chi connectivity index (χ2n) is 4.97. The van der Waals surface area contributed by atoms with Crippen molar-refractivity contribution < 1.29 is 9.47 Å². The smallest absolute Gasteiger partial charge is 0.160 e. The van der Waals surface area contributed by atoms with E-state index in [1.807, 2.05) is 13.1 Å². The molecule has 1 aromatic carbocycles. The molecule has 1 aromatic rings. The fraction of sp³-hybridized carbons (Fsp3) is 0.600. The van der Waals surface area contributed by atoms with Crippen LogP contribution in [0.5, 0.6) is 11.5 Å². The lowest BCUT2D eigenvalue weighted by molar-refractivity contribution is 0.257. The largest absolute Gasteiger partial charge is 0.493 e. The van der Waals surface area contributed by atoms with Gasteiger partial charge in [0.05, 0.1) is 14.2 Å². The molecule has 0 aliphatic heterocycles. The van der Waals surface area contributed by atoms with Gasteiger partial charge in [-0.3, -0.25) is 0 Å². The zero-order valence-electron chi connectivity index (χ0n) is 11.5. The summed E-state index contributed by atoms with van der Waals surface area (Å²) in [5.41, 5.74) is 1.35. The second kappa shape index (κ2) is 6.10. The van der Waals surface area contributed by atoms with E-state index in [9.17, 15) is 0 Å². The van der Waals surface area contributed by atoms with Crippen LogP contribution in [0.3, 0.4) is 0 Å². The Morgan fingerprint density at radius 3 is 2.44 bits per heavy atom. The van der Waals surface area contributed by atoms with E-state index in [1.54, 1.807) is 14.2 Å². The van der Waals surface area contributed by atoms with Crippen molar-refractivity contribution in [2.45, 2.75) is 25.2 Å². The molecular weight excluding hydrogens is 226 g/mol. The summed E-state index contributed by atoms with van der Waals surface area (Å²) in [4.78, 5) is 0. The average molecular weight is 249 g/mol. The van der Waals surface area contributed by atoms with Gasteiger partial charge in [0.25, 0.3) is 0 Å². The van der Waals surface area contributed by atoms with Crippen molar-refractivity contribution in [2.24, 2.45) is 5.92 Å². The number of benzene rings is 1. The van der Waals surface area contributed by atoms with Gasteiger partial charge >= 0.3 is 0 Å². The molecule has 1 fully saturated rings. The van der Waals surface area contributed by atoms with Gasteiger partial charge in [-0.2, -0.15) is 0 Å². The highest BCUT2D eigenvalue weighted by Gasteiger charge is 2.28. The van der Waals surface area contributed by atoms with Gasteiger partial charge in [-0.1, -0.05) is 12.5 Å². The van der Waals surface area contributed by atoms with E-state index >= 15 is 0 Å². The molecule has 1 atom stereocenters. The zero-order chi connectivity index (χ0) is 13.0. The monoisotopic (exact) mass is 249 g/mol. The van der Waals surface area contributed by atoms with Crippen molar-refractivity contribution in [1.82, 2.24) is 5.32 Å². The number of likely N-dealkylation sites (N-methyl/N-ethyl adjacent to an activating group) is 1. The molecule has 0 spiro atoms. The normalized spacial score (nSPS) is 17.1. The predicted molar refractivity (Wildman–Crippen MR) is 73.6 cm³/mol. The van der Waals surface area contributed by atoms with E-state index in [0.717, 1.165) is 24.0 Å². The fourth-order valence-corrected chi connectivity index (χ4v) is 2.70. The molecule has 0 heterocycles. The zero-order valence-corrected chi connectivity index (χ0v) is 11.5. The third-order valence-corrected chi connectivity index (χ3v) is 3.98. The highest BCUT2D eigenvalue weighted by Crippen LogP contribution is 2.41. The first-order valence-corrected chi connectivity index (χ1v) is 6.66. The van der Waals surface area contributed by atoms with Crippen LogP contribution in [0.25, 0.3) is 0 Å². The molecule has 0 bridgehead atoms. The Balaban J connectivity index is 2.23. The fourth-order valence-electron chi connectivity index (χ4n) is 2.70. The molecule has 0 radical (unpaired) electrons. The van der Waals surface area contributed by atoms with Crippen molar-refractivity contribution in [3.05, 3.63) is 23.8 Å². The molecule has 0 aromatic heterocycles. The predicted octanol–water partition coefficient (Wildman–Crippen LogP) is 2.81. The van der Waals surface area contributed by atoms with Gasteiger partial charge in [0.15, 0.2) is 11.5 Å². The first-order chi connectivity index (χ1) is 8.80. The van der Waals surface area contributed by atoms with Crippen LogP contribution >= 0.6 is 0 Å². The van der Waals surface area contributed by atoms with Crippen molar-refractivity contribution in [3.8, 4) is 11.5 Å². The Bertz CT molecular complexity index is 388. The Labute approximate surface area is 109 Å². The Kier molecular flexibility index (Phi) is 4.48. The highest BCUT2D eigenvalue weighted by atomic mass is 16.5. The molecule has 1 saturated carbocycles. The van der Waals surface area contributed by atoms with Crippen molar-refractivity contribution in [3.63, 3.8) is 0 Å². The van der Waals surface area contributed by atoms with Crippen LogP contribution in [-0.2, 0) is 0 Å². The van der Waals surface area contributed by atoms with Crippen molar-refractivity contribution in [2.75, 3.05) is 27.8 Å². The highest BCUT2D eigenvalue weighted by molar-refractivity contribution is 5.44. The molecule has 3 heteroatoms. The minimum atomic E-state index is 0.587. The molecule has 3 nitrogen and oxygen atoms in total. The summed E-state index contributed by atoms with van der Waals surface area (Å²) in [6.07, 6.45) is 4.07. The maximum absolute atomic E-state index is 5.39. The molecule has 0 unspecified atom stereocenters. The van der Waals surface area contributed by atoms with Gasteiger partial charge in [-0.25, -0.2) is 0 Å². The van der Waals surface area contributed by atoms with E-state index in [0.29, 0.717) is 5.92 Å². The summed E-state index contributed by atoms with van der Waals surface area (Å²) < 4.78 is 10.7. The quantitative estimate of drug-likeness (QED) is 0.841. The Hall–Kier alpha value is -1.22. The number of nitrogens with one attached hydrogen (secondary N) is 1. The maximum atomic E-state index is 5.39.